The summed E-state index contributed by atoms with van der Waals surface area (Å²) in [6.45, 7) is 3.68. The zero-order chi connectivity index (χ0) is 21.8. The van der Waals surface area contributed by atoms with Crippen molar-refractivity contribution in [3.05, 3.63) is 60.4 Å². The van der Waals surface area contributed by atoms with Crippen LogP contribution in [0, 0.1) is 0 Å². The summed E-state index contributed by atoms with van der Waals surface area (Å²) in [6.07, 6.45) is -1.17. The Labute approximate surface area is 178 Å². The zero-order valence-corrected chi connectivity index (χ0v) is 16.8. The molecule has 162 valence electrons. The van der Waals surface area contributed by atoms with Crippen molar-refractivity contribution in [3.63, 3.8) is 0 Å². The Morgan fingerprint density at radius 2 is 1.65 bits per heavy atom. The van der Waals surface area contributed by atoms with Crippen molar-refractivity contribution in [2.45, 2.75) is 6.18 Å². The number of hydrogen-bond acceptors (Lipinski definition) is 6. The first-order valence-corrected chi connectivity index (χ1v) is 9.99. The monoisotopic (exact) mass is 429 g/mol. The molecule has 3 heterocycles. The van der Waals surface area contributed by atoms with Crippen LogP contribution in [-0.2, 0) is 6.18 Å². The molecule has 0 radical (unpaired) electrons. The molecule has 0 unspecified atom stereocenters. The van der Waals surface area contributed by atoms with Gasteiger partial charge in [-0.2, -0.15) is 13.2 Å². The van der Waals surface area contributed by atoms with Crippen LogP contribution >= 0.6 is 0 Å². The SMILES string of the molecule is OCCN1CCN(c2cc(-c3cccc(C(F)(F)F)c3)nc(-c3ccncc3)n2)CC1. The predicted molar refractivity (Wildman–Crippen MR) is 111 cm³/mol. The van der Waals surface area contributed by atoms with Gasteiger partial charge >= 0.3 is 6.18 Å². The molecule has 1 saturated heterocycles. The molecular formula is C22H22F3N5O. The van der Waals surface area contributed by atoms with E-state index in [0.717, 1.165) is 30.8 Å². The standard InChI is InChI=1S/C22H22F3N5O/c23-22(24,25)18-3-1-2-17(14-18)19-15-20(30-10-8-29(9-11-30)12-13-31)28-21(27-19)16-4-6-26-7-5-16/h1-7,14-15,31H,8-13H2. The van der Waals surface area contributed by atoms with Crippen molar-refractivity contribution in [3.8, 4) is 22.6 Å². The van der Waals surface area contributed by atoms with Gasteiger partial charge in [0.1, 0.15) is 5.82 Å². The number of β-amino-alcohol motifs (C(OH)–C–C–N with tert-alkyl or cyclic N) is 1. The summed E-state index contributed by atoms with van der Waals surface area (Å²) in [5, 5.41) is 9.14. The Hall–Kier alpha value is -3.04. The lowest BCUT2D eigenvalue weighted by Crippen LogP contribution is -2.47. The number of hydrogen-bond donors (Lipinski definition) is 1. The van der Waals surface area contributed by atoms with Gasteiger partial charge in [0.05, 0.1) is 17.9 Å². The molecule has 0 amide bonds. The molecule has 9 heteroatoms. The number of halogens is 3. The summed E-state index contributed by atoms with van der Waals surface area (Å²) >= 11 is 0. The first-order valence-electron chi connectivity index (χ1n) is 9.99. The lowest BCUT2D eigenvalue weighted by atomic mass is 10.1. The van der Waals surface area contributed by atoms with Crippen molar-refractivity contribution < 1.29 is 18.3 Å². The van der Waals surface area contributed by atoms with Gasteiger partial charge in [-0.3, -0.25) is 9.88 Å². The Morgan fingerprint density at radius 3 is 2.32 bits per heavy atom. The van der Waals surface area contributed by atoms with Crippen LogP contribution in [-0.4, -0.2) is 64.3 Å². The molecular weight excluding hydrogens is 407 g/mol. The molecule has 2 aromatic heterocycles. The largest absolute Gasteiger partial charge is 0.416 e. The van der Waals surface area contributed by atoms with E-state index in [-0.39, 0.29) is 6.61 Å². The molecule has 4 rings (SSSR count). The third-order valence-corrected chi connectivity index (χ3v) is 5.25. The summed E-state index contributed by atoms with van der Waals surface area (Å²) in [6, 6.07) is 10.5. The molecule has 0 spiro atoms. The smallest absolute Gasteiger partial charge is 0.395 e. The van der Waals surface area contributed by atoms with Gasteiger partial charge in [-0.15, -0.1) is 0 Å². The maximum atomic E-state index is 13.2. The van der Waals surface area contributed by atoms with Gasteiger partial charge in [-0.05, 0) is 24.3 Å². The number of rotatable bonds is 5. The van der Waals surface area contributed by atoms with Crippen molar-refractivity contribution in [1.29, 1.82) is 0 Å². The van der Waals surface area contributed by atoms with E-state index in [1.165, 1.54) is 6.07 Å². The molecule has 31 heavy (non-hydrogen) atoms. The van der Waals surface area contributed by atoms with Crippen LogP contribution in [0.1, 0.15) is 5.56 Å². The van der Waals surface area contributed by atoms with E-state index in [1.54, 1.807) is 36.7 Å². The van der Waals surface area contributed by atoms with Crippen molar-refractivity contribution in [2.75, 3.05) is 44.2 Å². The van der Waals surface area contributed by atoms with Crippen LogP contribution < -0.4 is 4.90 Å². The van der Waals surface area contributed by atoms with Crippen LogP contribution in [0.4, 0.5) is 19.0 Å². The molecule has 1 fully saturated rings. The summed E-state index contributed by atoms with van der Waals surface area (Å²) in [5.41, 5.74) is 0.839. The summed E-state index contributed by atoms with van der Waals surface area (Å²) in [4.78, 5) is 17.5. The van der Waals surface area contributed by atoms with Crippen LogP contribution in [0.2, 0.25) is 0 Å². The lowest BCUT2D eigenvalue weighted by molar-refractivity contribution is -0.137. The van der Waals surface area contributed by atoms with Crippen molar-refractivity contribution in [2.24, 2.45) is 0 Å². The van der Waals surface area contributed by atoms with Gasteiger partial charge in [-0.25, -0.2) is 9.97 Å². The molecule has 0 aliphatic carbocycles. The molecule has 0 saturated carbocycles. The number of benzene rings is 1. The highest BCUT2D eigenvalue weighted by Gasteiger charge is 2.30. The minimum atomic E-state index is -4.43. The third kappa shape index (κ3) is 5.00. The number of alkyl halides is 3. The minimum absolute atomic E-state index is 0.111. The summed E-state index contributed by atoms with van der Waals surface area (Å²) in [5.74, 6) is 1.10. The Morgan fingerprint density at radius 1 is 0.903 bits per heavy atom. The molecule has 6 nitrogen and oxygen atoms in total. The van der Waals surface area contributed by atoms with E-state index in [0.29, 0.717) is 42.5 Å². The minimum Gasteiger partial charge on any atom is -0.395 e. The average Bonchev–Trinajstić information content (AvgIpc) is 2.80. The van der Waals surface area contributed by atoms with Gasteiger partial charge < -0.3 is 10.0 Å². The number of piperazine rings is 1. The first kappa shape index (κ1) is 21.2. The number of nitrogens with zero attached hydrogens (tertiary/aromatic N) is 5. The number of anilines is 1. The summed E-state index contributed by atoms with van der Waals surface area (Å²) in [7, 11) is 0. The van der Waals surface area contributed by atoms with Crippen LogP contribution in [0.25, 0.3) is 22.6 Å². The molecule has 3 aromatic rings. The zero-order valence-electron chi connectivity index (χ0n) is 16.8. The predicted octanol–water partition coefficient (Wildman–Crippen LogP) is 3.34. The molecule has 1 aliphatic heterocycles. The van der Waals surface area contributed by atoms with Crippen LogP contribution in [0.3, 0.4) is 0 Å². The summed E-state index contributed by atoms with van der Waals surface area (Å²) < 4.78 is 39.7. The topological polar surface area (TPSA) is 65.4 Å². The molecule has 0 bridgehead atoms. The number of aliphatic hydroxyl groups excluding tert-OH is 1. The van der Waals surface area contributed by atoms with E-state index in [4.69, 9.17) is 10.1 Å². The number of aromatic nitrogens is 3. The van der Waals surface area contributed by atoms with Gasteiger partial charge in [0, 0.05) is 62.3 Å². The van der Waals surface area contributed by atoms with Gasteiger partial charge in [-0.1, -0.05) is 12.1 Å². The second-order valence-electron chi connectivity index (χ2n) is 7.30. The molecule has 1 N–H and O–H groups in total. The van der Waals surface area contributed by atoms with Crippen LogP contribution in [0.15, 0.2) is 54.9 Å². The Bertz CT molecular complexity index is 1020. The maximum Gasteiger partial charge on any atom is 0.416 e. The highest BCUT2D eigenvalue weighted by molar-refractivity contribution is 5.68. The average molecular weight is 429 g/mol. The number of pyridine rings is 1. The normalized spacial score (nSPS) is 15.3. The van der Waals surface area contributed by atoms with E-state index >= 15 is 0 Å². The van der Waals surface area contributed by atoms with Gasteiger partial charge in [0.15, 0.2) is 5.82 Å². The highest BCUT2D eigenvalue weighted by atomic mass is 19.4. The second kappa shape index (κ2) is 8.99. The van der Waals surface area contributed by atoms with E-state index in [9.17, 15) is 13.2 Å². The molecule has 1 aromatic carbocycles. The number of aliphatic hydroxyl groups is 1. The van der Waals surface area contributed by atoms with E-state index < -0.39 is 11.7 Å². The molecule has 1 aliphatic rings. The van der Waals surface area contributed by atoms with Gasteiger partial charge in [0.25, 0.3) is 0 Å². The highest BCUT2D eigenvalue weighted by Crippen LogP contribution is 2.33. The quantitative estimate of drug-likeness (QED) is 0.671. The fraction of sp³-hybridized carbons (Fsp3) is 0.318. The maximum absolute atomic E-state index is 13.2. The van der Waals surface area contributed by atoms with E-state index in [1.807, 2.05) is 0 Å². The van der Waals surface area contributed by atoms with Crippen LogP contribution in [0.5, 0.6) is 0 Å². The van der Waals surface area contributed by atoms with E-state index in [2.05, 4.69) is 19.8 Å². The van der Waals surface area contributed by atoms with Crippen molar-refractivity contribution in [1.82, 2.24) is 19.9 Å². The fourth-order valence-corrected chi connectivity index (χ4v) is 3.57. The van der Waals surface area contributed by atoms with Gasteiger partial charge in [0.2, 0.25) is 0 Å². The van der Waals surface area contributed by atoms with Crippen molar-refractivity contribution >= 4 is 5.82 Å². The first-order chi connectivity index (χ1) is 14.9. The Kier molecular flexibility index (Phi) is 6.15. The lowest BCUT2D eigenvalue weighted by Gasteiger charge is -2.35. The third-order valence-electron chi connectivity index (χ3n) is 5.25. The fourth-order valence-electron chi connectivity index (χ4n) is 3.57. The second-order valence-corrected chi connectivity index (χ2v) is 7.30. The Balaban J connectivity index is 1.73. The molecule has 0 atom stereocenters.